The molecule has 90 valence electrons. The van der Waals surface area contributed by atoms with Gasteiger partial charge in [0, 0.05) is 18.6 Å². The van der Waals surface area contributed by atoms with Crippen LogP contribution < -0.4 is 10.5 Å². The van der Waals surface area contributed by atoms with Gasteiger partial charge in [0.15, 0.2) is 11.6 Å². The summed E-state index contributed by atoms with van der Waals surface area (Å²) in [6, 6.07) is 4.98. The first kappa shape index (κ1) is 12.9. The fourth-order valence-corrected chi connectivity index (χ4v) is 1.50. The normalized spacial score (nSPS) is 14.6. The number of ether oxygens (including phenoxy) is 1. The Bertz CT molecular complexity index is 351. The van der Waals surface area contributed by atoms with Gasteiger partial charge in [0.2, 0.25) is 0 Å². The Labute approximate surface area is 95.0 Å². The van der Waals surface area contributed by atoms with Crippen LogP contribution in [-0.2, 0) is 6.42 Å². The molecule has 0 radical (unpaired) electrons. The van der Waals surface area contributed by atoms with Gasteiger partial charge in [-0.25, -0.2) is 4.39 Å². The average Bonchev–Trinajstić information content (AvgIpc) is 2.32. The van der Waals surface area contributed by atoms with E-state index >= 15 is 0 Å². The highest BCUT2D eigenvalue weighted by molar-refractivity contribution is 5.31. The van der Waals surface area contributed by atoms with Crippen molar-refractivity contribution in [2.45, 2.75) is 13.3 Å². The molecule has 1 aromatic rings. The number of hydrogen-bond donors (Lipinski definition) is 2. The minimum Gasteiger partial charge on any atom is -0.494 e. The third kappa shape index (κ3) is 2.71. The Hall–Kier alpha value is -1.13. The molecule has 16 heavy (non-hydrogen) atoms. The van der Waals surface area contributed by atoms with Gasteiger partial charge < -0.3 is 15.6 Å². The molecule has 0 aliphatic heterocycles. The van der Waals surface area contributed by atoms with E-state index in [4.69, 9.17) is 10.5 Å². The number of aliphatic hydroxyl groups excluding tert-OH is 1. The zero-order valence-electron chi connectivity index (χ0n) is 9.66. The Morgan fingerprint density at radius 3 is 2.69 bits per heavy atom. The molecule has 0 saturated carbocycles. The molecule has 3 nitrogen and oxygen atoms in total. The summed E-state index contributed by atoms with van der Waals surface area (Å²) in [5.41, 5.74) is 5.59. The first-order valence-corrected chi connectivity index (χ1v) is 5.18. The van der Waals surface area contributed by atoms with Gasteiger partial charge in [-0.2, -0.15) is 0 Å². The lowest BCUT2D eigenvalue weighted by atomic mass is 9.84. The summed E-state index contributed by atoms with van der Waals surface area (Å²) in [5, 5.41) is 9.23. The Morgan fingerprint density at radius 1 is 1.50 bits per heavy atom. The topological polar surface area (TPSA) is 55.5 Å². The molecule has 0 fully saturated rings. The van der Waals surface area contributed by atoms with Crippen molar-refractivity contribution < 1.29 is 14.2 Å². The summed E-state index contributed by atoms with van der Waals surface area (Å²) in [5.74, 6) is -0.159. The van der Waals surface area contributed by atoms with Crippen LogP contribution >= 0.6 is 0 Å². The average molecular weight is 227 g/mol. The summed E-state index contributed by atoms with van der Waals surface area (Å²) in [6.07, 6.45) is 0.392. The van der Waals surface area contributed by atoms with Crippen LogP contribution in [-0.4, -0.2) is 25.4 Å². The fraction of sp³-hybridized carbons (Fsp3) is 0.500. The summed E-state index contributed by atoms with van der Waals surface area (Å²) in [7, 11) is 1.43. The van der Waals surface area contributed by atoms with Crippen molar-refractivity contribution in [3.05, 3.63) is 29.6 Å². The van der Waals surface area contributed by atoms with Crippen molar-refractivity contribution in [3.63, 3.8) is 0 Å². The molecule has 0 aromatic heterocycles. The van der Waals surface area contributed by atoms with E-state index in [2.05, 4.69) is 0 Å². The molecule has 0 amide bonds. The van der Waals surface area contributed by atoms with Crippen LogP contribution in [0.25, 0.3) is 0 Å². The number of halogens is 1. The molecular formula is C12H18FNO2. The second-order valence-corrected chi connectivity index (χ2v) is 4.28. The van der Waals surface area contributed by atoms with Crippen molar-refractivity contribution in [1.29, 1.82) is 0 Å². The molecule has 0 spiro atoms. The predicted molar refractivity (Wildman–Crippen MR) is 60.9 cm³/mol. The van der Waals surface area contributed by atoms with Crippen molar-refractivity contribution >= 4 is 0 Å². The summed E-state index contributed by atoms with van der Waals surface area (Å²) in [6.45, 7) is 2.06. The lowest BCUT2D eigenvalue weighted by molar-refractivity contribution is 0.148. The van der Waals surface area contributed by atoms with Crippen LogP contribution in [0.3, 0.4) is 0 Å². The first-order valence-electron chi connectivity index (χ1n) is 5.18. The Kier molecular flexibility index (Phi) is 4.26. The van der Waals surface area contributed by atoms with Gasteiger partial charge in [-0.3, -0.25) is 0 Å². The highest BCUT2D eigenvalue weighted by Gasteiger charge is 2.24. The summed E-state index contributed by atoms with van der Waals surface area (Å²) >= 11 is 0. The van der Waals surface area contributed by atoms with Crippen molar-refractivity contribution in [3.8, 4) is 5.75 Å². The predicted octanol–water partition coefficient (Wildman–Crippen LogP) is 1.33. The van der Waals surface area contributed by atoms with E-state index in [0.29, 0.717) is 18.5 Å². The largest absolute Gasteiger partial charge is 0.494 e. The van der Waals surface area contributed by atoms with Gasteiger partial charge in [0.05, 0.1) is 7.11 Å². The zero-order chi connectivity index (χ0) is 12.2. The molecule has 0 heterocycles. The molecule has 0 bridgehead atoms. The Morgan fingerprint density at radius 2 is 2.19 bits per heavy atom. The Balaban J connectivity index is 2.97. The molecule has 3 N–H and O–H groups in total. The lowest BCUT2D eigenvalue weighted by Crippen LogP contribution is -2.33. The SMILES string of the molecule is COc1cccc(CC(C)(CN)CO)c1F. The van der Waals surface area contributed by atoms with Crippen LogP contribution in [0.2, 0.25) is 0 Å². The maximum absolute atomic E-state index is 13.8. The highest BCUT2D eigenvalue weighted by Crippen LogP contribution is 2.26. The lowest BCUT2D eigenvalue weighted by Gasteiger charge is -2.25. The number of rotatable bonds is 5. The number of benzene rings is 1. The van der Waals surface area contributed by atoms with E-state index < -0.39 is 5.41 Å². The van der Waals surface area contributed by atoms with Crippen LogP contribution in [0.15, 0.2) is 18.2 Å². The minimum absolute atomic E-state index is 0.0693. The van der Waals surface area contributed by atoms with Gasteiger partial charge in [0.1, 0.15) is 0 Å². The van der Waals surface area contributed by atoms with Crippen molar-refractivity contribution in [2.24, 2.45) is 11.1 Å². The van der Waals surface area contributed by atoms with E-state index in [1.807, 2.05) is 6.92 Å². The highest BCUT2D eigenvalue weighted by atomic mass is 19.1. The molecule has 4 heteroatoms. The van der Waals surface area contributed by atoms with Crippen LogP contribution in [0.5, 0.6) is 5.75 Å². The molecule has 1 aromatic carbocycles. The van der Waals surface area contributed by atoms with E-state index in [-0.39, 0.29) is 18.2 Å². The van der Waals surface area contributed by atoms with Gasteiger partial charge in [-0.15, -0.1) is 0 Å². The third-order valence-corrected chi connectivity index (χ3v) is 2.75. The molecular weight excluding hydrogens is 209 g/mol. The van der Waals surface area contributed by atoms with E-state index in [0.717, 1.165) is 0 Å². The minimum atomic E-state index is -0.493. The number of hydrogen-bond acceptors (Lipinski definition) is 3. The number of nitrogens with two attached hydrogens (primary N) is 1. The fourth-order valence-electron chi connectivity index (χ4n) is 1.50. The molecule has 1 unspecified atom stereocenters. The second-order valence-electron chi connectivity index (χ2n) is 4.28. The monoisotopic (exact) mass is 227 g/mol. The van der Waals surface area contributed by atoms with E-state index in [9.17, 15) is 9.50 Å². The summed E-state index contributed by atoms with van der Waals surface area (Å²) in [4.78, 5) is 0. The van der Waals surface area contributed by atoms with E-state index in [1.165, 1.54) is 7.11 Å². The smallest absolute Gasteiger partial charge is 0.168 e. The van der Waals surface area contributed by atoms with Crippen molar-refractivity contribution in [2.75, 3.05) is 20.3 Å². The van der Waals surface area contributed by atoms with Crippen molar-refractivity contribution in [1.82, 2.24) is 0 Å². The number of methoxy groups -OCH3 is 1. The molecule has 1 rings (SSSR count). The van der Waals surface area contributed by atoms with Crippen LogP contribution in [0.1, 0.15) is 12.5 Å². The zero-order valence-corrected chi connectivity index (χ0v) is 9.66. The molecule has 0 aliphatic rings. The second kappa shape index (κ2) is 5.27. The molecule has 0 saturated heterocycles. The summed E-state index contributed by atoms with van der Waals surface area (Å²) < 4.78 is 18.7. The maximum atomic E-state index is 13.8. The number of aliphatic hydroxyl groups is 1. The standard InChI is InChI=1S/C12H18FNO2/c1-12(7-14,8-15)6-9-4-3-5-10(16-2)11(9)13/h3-5,15H,6-8,14H2,1-2H3. The van der Waals surface area contributed by atoms with E-state index in [1.54, 1.807) is 18.2 Å². The van der Waals surface area contributed by atoms with Gasteiger partial charge >= 0.3 is 0 Å². The van der Waals surface area contributed by atoms with Gasteiger partial charge in [-0.1, -0.05) is 19.1 Å². The third-order valence-electron chi connectivity index (χ3n) is 2.75. The van der Waals surface area contributed by atoms with Crippen LogP contribution in [0.4, 0.5) is 4.39 Å². The van der Waals surface area contributed by atoms with Gasteiger partial charge in [0.25, 0.3) is 0 Å². The maximum Gasteiger partial charge on any atom is 0.168 e. The quantitative estimate of drug-likeness (QED) is 0.798. The molecule has 0 aliphatic carbocycles. The van der Waals surface area contributed by atoms with Gasteiger partial charge in [-0.05, 0) is 18.1 Å². The first-order chi connectivity index (χ1) is 7.56. The molecule has 1 atom stereocenters. The van der Waals surface area contributed by atoms with Crippen LogP contribution in [0, 0.1) is 11.2 Å².